The molecule has 0 saturated heterocycles. The average Bonchev–Trinajstić information content (AvgIpc) is 3.01. The number of hydrogen-bond acceptors (Lipinski definition) is 6. The summed E-state index contributed by atoms with van der Waals surface area (Å²) in [6, 6.07) is 5.54. The van der Waals surface area contributed by atoms with Gasteiger partial charge >= 0.3 is 0 Å². The maximum Gasteiger partial charge on any atom is 0.227 e. The van der Waals surface area contributed by atoms with E-state index < -0.39 is 0 Å². The average molecular weight is 430 g/mol. The quantitative estimate of drug-likeness (QED) is 0.678. The lowest BCUT2D eigenvalue weighted by molar-refractivity contribution is -0.130. The van der Waals surface area contributed by atoms with Crippen molar-refractivity contribution in [1.82, 2.24) is 25.0 Å². The van der Waals surface area contributed by atoms with Crippen LogP contribution in [0.15, 0.2) is 18.2 Å². The van der Waals surface area contributed by atoms with Crippen LogP contribution in [0.1, 0.15) is 31.1 Å². The maximum absolute atomic E-state index is 12.9. The molecule has 2 heterocycles. The van der Waals surface area contributed by atoms with Crippen molar-refractivity contribution in [2.45, 2.75) is 39.7 Å². The number of carbonyl (C=O) groups is 2. The summed E-state index contributed by atoms with van der Waals surface area (Å²) in [5.41, 5.74) is 0.882. The highest BCUT2D eigenvalue weighted by Gasteiger charge is 2.22. The predicted octanol–water partition coefficient (Wildman–Crippen LogP) is 1.24. The number of rotatable bonds is 8. The molecule has 1 aliphatic heterocycles. The molecule has 168 valence electrons. The Bertz CT molecular complexity index is 925. The Labute approximate surface area is 182 Å². The van der Waals surface area contributed by atoms with Crippen LogP contribution >= 0.6 is 0 Å². The summed E-state index contributed by atoms with van der Waals surface area (Å²) >= 11 is 0. The Hall–Kier alpha value is -3.10. The lowest BCUT2D eigenvalue weighted by Gasteiger charge is -2.20. The van der Waals surface area contributed by atoms with Crippen molar-refractivity contribution in [1.29, 1.82) is 0 Å². The number of methoxy groups -OCH3 is 2. The fourth-order valence-corrected chi connectivity index (χ4v) is 3.60. The number of nitrogens with one attached hydrogen (secondary N) is 1. The largest absolute Gasteiger partial charge is 0.493 e. The van der Waals surface area contributed by atoms with Crippen LogP contribution in [0, 0.1) is 5.92 Å². The fraction of sp³-hybridized carbons (Fsp3) is 0.545. The Balaban J connectivity index is 1.58. The van der Waals surface area contributed by atoms with Gasteiger partial charge in [0.1, 0.15) is 11.6 Å². The summed E-state index contributed by atoms with van der Waals surface area (Å²) < 4.78 is 12.7. The topological polar surface area (TPSA) is 98.6 Å². The zero-order chi connectivity index (χ0) is 22.4. The molecule has 0 radical (unpaired) electrons. The minimum absolute atomic E-state index is 0.0301. The van der Waals surface area contributed by atoms with E-state index in [0.717, 1.165) is 17.2 Å². The van der Waals surface area contributed by atoms with E-state index in [-0.39, 0.29) is 17.7 Å². The maximum atomic E-state index is 12.9. The van der Waals surface area contributed by atoms with Gasteiger partial charge < -0.3 is 24.3 Å². The van der Waals surface area contributed by atoms with Gasteiger partial charge in [0.15, 0.2) is 11.5 Å². The molecule has 0 unspecified atom stereocenters. The van der Waals surface area contributed by atoms with E-state index >= 15 is 0 Å². The molecule has 9 heteroatoms. The van der Waals surface area contributed by atoms with Gasteiger partial charge in [0, 0.05) is 44.9 Å². The summed E-state index contributed by atoms with van der Waals surface area (Å²) in [6.45, 7) is 6.11. The fourth-order valence-electron chi connectivity index (χ4n) is 3.60. The van der Waals surface area contributed by atoms with Crippen LogP contribution in [0.3, 0.4) is 0 Å². The zero-order valence-electron chi connectivity index (χ0n) is 18.7. The molecule has 31 heavy (non-hydrogen) atoms. The number of benzene rings is 1. The second kappa shape index (κ2) is 10.3. The van der Waals surface area contributed by atoms with Gasteiger partial charge in [-0.15, -0.1) is 10.2 Å². The molecule has 0 atom stereocenters. The molecule has 0 aliphatic carbocycles. The summed E-state index contributed by atoms with van der Waals surface area (Å²) in [5.74, 6) is 3.03. The van der Waals surface area contributed by atoms with Crippen molar-refractivity contribution >= 4 is 11.8 Å². The minimum atomic E-state index is -0.0410. The van der Waals surface area contributed by atoms with Crippen LogP contribution in [0.25, 0.3) is 0 Å². The normalized spacial score (nSPS) is 13.5. The first-order chi connectivity index (χ1) is 14.9. The van der Waals surface area contributed by atoms with Crippen LogP contribution in [-0.4, -0.2) is 65.3 Å². The molecule has 1 N–H and O–H groups in total. The van der Waals surface area contributed by atoms with Crippen molar-refractivity contribution in [2.75, 3.05) is 33.9 Å². The van der Waals surface area contributed by atoms with E-state index in [4.69, 9.17) is 9.47 Å². The Morgan fingerprint density at radius 2 is 1.87 bits per heavy atom. The lowest BCUT2D eigenvalue weighted by Crippen LogP contribution is -2.35. The van der Waals surface area contributed by atoms with Gasteiger partial charge in [-0.3, -0.25) is 9.59 Å². The van der Waals surface area contributed by atoms with Crippen LogP contribution in [0.5, 0.6) is 11.5 Å². The third-order valence-corrected chi connectivity index (χ3v) is 5.43. The van der Waals surface area contributed by atoms with Gasteiger partial charge in [-0.05, 0) is 17.7 Å². The summed E-state index contributed by atoms with van der Waals surface area (Å²) in [4.78, 5) is 26.5. The monoisotopic (exact) mass is 429 g/mol. The third-order valence-electron chi connectivity index (χ3n) is 5.43. The molecule has 0 fully saturated rings. The molecule has 1 aliphatic rings. The van der Waals surface area contributed by atoms with E-state index in [2.05, 4.69) is 20.1 Å². The Morgan fingerprint density at radius 1 is 1.10 bits per heavy atom. The van der Waals surface area contributed by atoms with Crippen LogP contribution in [0.4, 0.5) is 0 Å². The van der Waals surface area contributed by atoms with E-state index in [1.165, 1.54) is 0 Å². The van der Waals surface area contributed by atoms with Crippen LogP contribution in [-0.2, 0) is 35.4 Å². The number of aromatic nitrogens is 3. The number of hydrogen-bond donors (Lipinski definition) is 1. The number of fused-ring (bicyclic) bond motifs is 1. The first-order valence-corrected chi connectivity index (χ1v) is 10.6. The van der Waals surface area contributed by atoms with Crippen molar-refractivity contribution < 1.29 is 19.1 Å². The summed E-state index contributed by atoms with van der Waals surface area (Å²) in [5, 5.41) is 11.5. The number of amides is 2. The second-order valence-corrected chi connectivity index (χ2v) is 7.88. The van der Waals surface area contributed by atoms with E-state index in [1.807, 2.05) is 36.9 Å². The Morgan fingerprint density at radius 3 is 2.58 bits per heavy atom. The van der Waals surface area contributed by atoms with Crippen molar-refractivity contribution in [3.8, 4) is 11.5 Å². The highest BCUT2D eigenvalue weighted by Crippen LogP contribution is 2.28. The minimum Gasteiger partial charge on any atom is -0.493 e. The van der Waals surface area contributed by atoms with E-state index in [1.54, 1.807) is 14.2 Å². The molecular weight excluding hydrogens is 398 g/mol. The summed E-state index contributed by atoms with van der Waals surface area (Å²) in [6.07, 6.45) is 1.57. The van der Waals surface area contributed by atoms with Gasteiger partial charge in [0.25, 0.3) is 0 Å². The highest BCUT2D eigenvalue weighted by molar-refractivity contribution is 5.79. The standard InChI is InChI=1S/C22H31N5O4/c1-15(2)22(29)23-9-7-19-24-25-20-8-10-26(11-12-27(19)20)21(28)14-16-5-6-17(30-3)18(13-16)31-4/h5-6,13,15H,7-12,14H2,1-4H3,(H,23,29). The molecule has 0 bridgehead atoms. The first-order valence-electron chi connectivity index (χ1n) is 10.6. The van der Waals surface area contributed by atoms with Gasteiger partial charge in [0.05, 0.1) is 20.6 Å². The van der Waals surface area contributed by atoms with E-state index in [0.29, 0.717) is 56.9 Å². The smallest absolute Gasteiger partial charge is 0.227 e. The first kappa shape index (κ1) is 22.6. The molecule has 2 aromatic rings. The second-order valence-electron chi connectivity index (χ2n) is 7.88. The van der Waals surface area contributed by atoms with Crippen molar-refractivity contribution in [3.63, 3.8) is 0 Å². The van der Waals surface area contributed by atoms with E-state index in [9.17, 15) is 9.59 Å². The highest BCUT2D eigenvalue weighted by atomic mass is 16.5. The number of carbonyl (C=O) groups excluding carboxylic acids is 2. The predicted molar refractivity (Wildman–Crippen MR) is 115 cm³/mol. The van der Waals surface area contributed by atoms with Crippen molar-refractivity contribution in [3.05, 3.63) is 35.4 Å². The zero-order valence-corrected chi connectivity index (χ0v) is 18.7. The molecule has 9 nitrogen and oxygen atoms in total. The number of nitrogens with zero attached hydrogens (tertiary/aromatic N) is 4. The van der Waals surface area contributed by atoms with Crippen LogP contribution < -0.4 is 14.8 Å². The Kier molecular flexibility index (Phi) is 7.49. The van der Waals surface area contributed by atoms with Gasteiger partial charge in [-0.1, -0.05) is 19.9 Å². The third kappa shape index (κ3) is 5.53. The van der Waals surface area contributed by atoms with Gasteiger partial charge in [-0.25, -0.2) is 0 Å². The lowest BCUT2D eigenvalue weighted by atomic mass is 10.1. The van der Waals surface area contributed by atoms with Crippen molar-refractivity contribution in [2.24, 2.45) is 5.92 Å². The van der Waals surface area contributed by atoms with Crippen LogP contribution in [0.2, 0.25) is 0 Å². The molecule has 2 amide bonds. The SMILES string of the molecule is COc1ccc(CC(=O)N2CCc3nnc(CCNC(=O)C(C)C)n3CC2)cc1OC. The molecular formula is C22H31N5O4. The van der Waals surface area contributed by atoms with Gasteiger partial charge in [-0.2, -0.15) is 0 Å². The molecule has 3 rings (SSSR count). The molecule has 0 saturated carbocycles. The number of ether oxygens (including phenoxy) is 2. The summed E-state index contributed by atoms with van der Waals surface area (Å²) in [7, 11) is 3.17. The molecule has 0 spiro atoms. The molecule has 1 aromatic carbocycles. The molecule has 1 aromatic heterocycles. The van der Waals surface area contributed by atoms with Gasteiger partial charge in [0.2, 0.25) is 11.8 Å².